The van der Waals surface area contributed by atoms with Gasteiger partial charge in [0.15, 0.2) is 0 Å². The van der Waals surface area contributed by atoms with Crippen molar-refractivity contribution in [1.29, 1.82) is 0 Å². The van der Waals surface area contributed by atoms with Crippen LogP contribution in [-0.2, 0) is 16.6 Å². The highest BCUT2D eigenvalue weighted by molar-refractivity contribution is 7.84. The molecule has 2 rings (SSSR count). The Balaban J connectivity index is 2.26. The molecule has 1 aromatic carbocycles. The molecule has 1 fully saturated rings. The van der Waals surface area contributed by atoms with Gasteiger partial charge >= 0.3 is 5.97 Å². The van der Waals surface area contributed by atoms with Gasteiger partial charge in [-0.1, -0.05) is 31.4 Å². The molecule has 0 amide bonds. The molecule has 21 heavy (non-hydrogen) atoms. The summed E-state index contributed by atoms with van der Waals surface area (Å²) < 4.78 is 12.4. The topological polar surface area (TPSA) is 97.5 Å². The second-order valence-corrected chi connectivity index (χ2v) is 6.88. The molecular formula is C14H17NO5S. The Kier molecular flexibility index (Phi) is 5.06. The van der Waals surface area contributed by atoms with Gasteiger partial charge in [-0.3, -0.25) is 14.3 Å². The van der Waals surface area contributed by atoms with Crippen molar-refractivity contribution in [2.75, 3.05) is 0 Å². The number of carboxylic acids is 1. The molecule has 0 aromatic heterocycles. The van der Waals surface area contributed by atoms with Crippen molar-refractivity contribution in [3.63, 3.8) is 0 Å². The molecule has 1 aromatic rings. The smallest absolute Gasteiger partial charge is 0.343 e. The molecule has 0 saturated heterocycles. The Morgan fingerprint density at radius 3 is 2.57 bits per heavy atom. The summed E-state index contributed by atoms with van der Waals surface area (Å²) in [5.41, 5.74) is -0.507. The molecular weight excluding hydrogens is 294 g/mol. The Hall–Kier alpha value is -1.76. The molecule has 1 atom stereocenters. The van der Waals surface area contributed by atoms with Crippen LogP contribution < -0.4 is 0 Å². The summed E-state index contributed by atoms with van der Waals surface area (Å²) in [6, 6.07) is 4.12. The van der Waals surface area contributed by atoms with E-state index in [0.29, 0.717) is 0 Å². The molecule has 0 spiro atoms. The summed E-state index contributed by atoms with van der Waals surface area (Å²) in [5, 5.41) is 20.2. The quantitative estimate of drug-likeness (QED) is 0.666. The minimum Gasteiger partial charge on any atom is -0.477 e. The zero-order valence-corrected chi connectivity index (χ0v) is 12.3. The Morgan fingerprint density at radius 2 is 2.00 bits per heavy atom. The molecule has 0 aliphatic heterocycles. The molecule has 1 N–H and O–H groups in total. The van der Waals surface area contributed by atoms with Gasteiger partial charge in [0.25, 0.3) is 5.69 Å². The first-order valence-corrected chi connectivity index (χ1v) is 8.25. The first-order valence-electron chi connectivity index (χ1n) is 6.87. The standard InChI is InChI=1S/C14H17NO5S/c16-14(17)13-10(5-4-8-12(13)15(18)19)9-21(20)11-6-2-1-3-7-11/h4-5,8,11H,1-3,6-7,9H2,(H,16,17). The number of nitro benzene ring substituents is 1. The van der Waals surface area contributed by atoms with Crippen molar-refractivity contribution in [1.82, 2.24) is 0 Å². The molecule has 0 heterocycles. The minimum atomic E-state index is -1.35. The summed E-state index contributed by atoms with van der Waals surface area (Å²) in [6.45, 7) is 0. The van der Waals surface area contributed by atoms with Crippen molar-refractivity contribution in [3.8, 4) is 0 Å². The van der Waals surface area contributed by atoms with Gasteiger partial charge in [-0.25, -0.2) is 4.79 Å². The van der Waals surface area contributed by atoms with Gasteiger partial charge in [0.05, 0.1) is 4.92 Å². The number of nitro groups is 1. The molecule has 1 aliphatic carbocycles. The second kappa shape index (κ2) is 6.80. The Morgan fingerprint density at radius 1 is 1.33 bits per heavy atom. The summed E-state index contributed by atoms with van der Waals surface area (Å²) in [7, 11) is -1.19. The summed E-state index contributed by atoms with van der Waals surface area (Å²) in [5.74, 6) is -1.29. The molecule has 0 bridgehead atoms. The average Bonchev–Trinajstić information content (AvgIpc) is 2.47. The lowest BCUT2D eigenvalue weighted by atomic mass is 10.0. The van der Waals surface area contributed by atoms with Crippen LogP contribution in [0.3, 0.4) is 0 Å². The maximum atomic E-state index is 12.4. The highest BCUT2D eigenvalue weighted by Crippen LogP contribution is 2.27. The number of benzene rings is 1. The number of carboxylic acid groups (broad SMARTS) is 1. The van der Waals surface area contributed by atoms with E-state index >= 15 is 0 Å². The van der Waals surface area contributed by atoms with Crippen LogP contribution in [0.5, 0.6) is 0 Å². The van der Waals surface area contributed by atoms with Crippen molar-refractivity contribution in [2.24, 2.45) is 0 Å². The number of rotatable bonds is 5. The largest absolute Gasteiger partial charge is 0.477 e. The third-order valence-corrected chi connectivity index (χ3v) is 5.57. The van der Waals surface area contributed by atoms with Crippen LogP contribution in [0.15, 0.2) is 18.2 Å². The SMILES string of the molecule is O=C(O)c1c(CS(=O)C2CCCCC2)cccc1[N+](=O)[O-]. The van der Waals surface area contributed by atoms with E-state index in [9.17, 15) is 24.2 Å². The van der Waals surface area contributed by atoms with Crippen molar-refractivity contribution >= 4 is 22.5 Å². The van der Waals surface area contributed by atoms with Crippen molar-refractivity contribution in [3.05, 3.63) is 39.4 Å². The van der Waals surface area contributed by atoms with Crippen LogP contribution in [0, 0.1) is 10.1 Å². The predicted octanol–water partition coefficient (Wildman–Crippen LogP) is 2.87. The van der Waals surface area contributed by atoms with Crippen LogP contribution >= 0.6 is 0 Å². The predicted molar refractivity (Wildman–Crippen MR) is 78.8 cm³/mol. The first kappa shape index (κ1) is 15.6. The molecule has 0 radical (unpaired) electrons. The zero-order chi connectivity index (χ0) is 15.4. The maximum Gasteiger partial charge on any atom is 0.343 e. The highest BCUT2D eigenvalue weighted by Gasteiger charge is 2.26. The van der Waals surface area contributed by atoms with Gasteiger partial charge in [0, 0.05) is 27.9 Å². The number of hydrogen-bond donors (Lipinski definition) is 1. The summed E-state index contributed by atoms with van der Waals surface area (Å²) in [6.07, 6.45) is 4.98. The van der Waals surface area contributed by atoms with Crippen LogP contribution in [0.25, 0.3) is 0 Å². The summed E-state index contributed by atoms with van der Waals surface area (Å²) in [4.78, 5) is 21.5. The van der Waals surface area contributed by atoms with E-state index in [-0.39, 0.29) is 22.1 Å². The van der Waals surface area contributed by atoms with Gasteiger partial charge in [0.2, 0.25) is 0 Å². The Labute approximate surface area is 124 Å². The van der Waals surface area contributed by atoms with Gasteiger partial charge in [0.1, 0.15) is 5.56 Å². The highest BCUT2D eigenvalue weighted by atomic mass is 32.2. The van der Waals surface area contributed by atoms with E-state index in [1.54, 1.807) is 0 Å². The fraction of sp³-hybridized carbons (Fsp3) is 0.500. The summed E-state index contributed by atoms with van der Waals surface area (Å²) >= 11 is 0. The molecule has 1 unspecified atom stereocenters. The molecule has 1 aliphatic rings. The maximum absolute atomic E-state index is 12.4. The third kappa shape index (κ3) is 3.66. The number of hydrogen-bond acceptors (Lipinski definition) is 4. The minimum absolute atomic E-state index is 0.0635. The first-order chi connectivity index (χ1) is 10.0. The molecule has 114 valence electrons. The fourth-order valence-corrected chi connectivity index (χ4v) is 4.35. The van der Waals surface area contributed by atoms with Crippen LogP contribution in [0.4, 0.5) is 5.69 Å². The van der Waals surface area contributed by atoms with Crippen molar-refractivity contribution in [2.45, 2.75) is 43.1 Å². The molecule has 6 nitrogen and oxygen atoms in total. The number of nitrogens with zero attached hydrogens (tertiary/aromatic N) is 1. The fourth-order valence-electron chi connectivity index (χ4n) is 2.71. The van der Waals surface area contributed by atoms with E-state index in [4.69, 9.17) is 0 Å². The van der Waals surface area contributed by atoms with E-state index < -0.39 is 27.4 Å². The van der Waals surface area contributed by atoms with Gasteiger partial charge in [-0.2, -0.15) is 0 Å². The second-order valence-electron chi connectivity index (χ2n) is 5.16. The van der Waals surface area contributed by atoms with E-state index in [1.807, 2.05) is 0 Å². The number of aromatic carboxylic acids is 1. The number of carbonyl (C=O) groups is 1. The van der Waals surface area contributed by atoms with Gasteiger partial charge in [-0.05, 0) is 18.4 Å². The molecule has 1 saturated carbocycles. The van der Waals surface area contributed by atoms with Gasteiger partial charge < -0.3 is 5.11 Å². The lowest BCUT2D eigenvalue weighted by Crippen LogP contribution is -2.21. The van der Waals surface area contributed by atoms with Crippen LogP contribution in [-0.4, -0.2) is 25.5 Å². The monoisotopic (exact) mass is 311 g/mol. The van der Waals surface area contributed by atoms with Gasteiger partial charge in [-0.15, -0.1) is 0 Å². The normalized spacial score (nSPS) is 17.3. The van der Waals surface area contributed by atoms with Crippen LogP contribution in [0.1, 0.15) is 48.0 Å². The lowest BCUT2D eigenvalue weighted by molar-refractivity contribution is -0.385. The van der Waals surface area contributed by atoms with E-state index in [0.717, 1.165) is 38.2 Å². The van der Waals surface area contributed by atoms with Crippen molar-refractivity contribution < 1.29 is 19.0 Å². The average molecular weight is 311 g/mol. The van der Waals surface area contributed by atoms with E-state index in [2.05, 4.69) is 0 Å². The van der Waals surface area contributed by atoms with Crippen LogP contribution in [0.2, 0.25) is 0 Å². The third-order valence-electron chi connectivity index (χ3n) is 3.76. The zero-order valence-electron chi connectivity index (χ0n) is 11.5. The Bertz CT molecular complexity index is 581. The lowest BCUT2D eigenvalue weighted by Gasteiger charge is -2.21. The molecule has 7 heteroatoms. The van der Waals surface area contributed by atoms with E-state index in [1.165, 1.54) is 12.1 Å².